The molecule has 0 saturated carbocycles. The fraction of sp³-hybridized carbons (Fsp3) is 0.533. The number of carbonyl (C=O) groups excluding carboxylic acids is 1. The number of hydrogen-bond acceptors (Lipinski definition) is 2. The number of amides is 1. The van der Waals surface area contributed by atoms with Crippen molar-refractivity contribution in [1.29, 1.82) is 0 Å². The summed E-state index contributed by atoms with van der Waals surface area (Å²) in [5, 5.41) is 0. The average Bonchev–Trinajstić information content (AvgIpc) is 2.36. The lowest BCUT2D eigenvalue weighted by atomic mass is 10.1. The summed E-state index contributed by atoms with van der Waals surface area (Å²) in [6.07, 6.45) is 3.33. The van der Waals surface area contributed by atoms with Gasteiger partial charge in [-0.3, -0.25) is 4.79 Å². The van der Waals surface area contributed by atoms with E-state index in [1.807, 2.05) is 6.92 Å². The molecule has 0 aromatic heterocycles. The first-order valence-electron chi connectivity index (χ1n) is 6.59. The fourth-order valence-electron chi connectivity index (χ4n) is 1.76. The molecule has 3 nitrogen and oxygen atoms in total. The van der Waals surface area contributed by atoms with Crippen molar-refractivity contribution in [2.45, 2.75) is 52.2 Å². The third kappa shape index (κ3) is 5.82. The molecule has 1 atom stereocenters. The molecule has 1 amide bonds. The molecule has 0 saturated heterocycles. The molecule has 18 heavy (non-hydrogen) atoms. The monoisotopic (exact) mass is 249 g/mol. The molecule has 0 heterocycles. The minimum absolute atomic E-state index is 0.162. The maximum absolute atomic E-state index is 10.6. The SMILES string of the molecule is CCc1ccc(CO[C@H](C)CCCC(N)=O)cc1. The van der Waals surface area contributed by atoms with Crippen LogP contribution in [0.2, 0.25) is 0 Å². The molecule has 2 N–H and O–H groups in total. The third-order valence-corrected chi connectivity index (χ3v) is 3.00. The van der Waals surface area contributed by atoms with Gasteiger partial charge in [-0.2, -0.15) is 0 Å². The predicted molar refractivity (Wildman–Crippen MR) is 73.1 cm³/mol. The number of ether oxygens (including phenoxy) is 1. The van der Waals surface area contributed by atoms with Gasteiger partial charge >= 0.3 is 0 Å². The van der Waals surface area contributed by atoms with Crippen LogP contribution in [0, 0.1) is 0 Å². The highest BCUT2D eigenvalue weighted by molar-refractivity contribution is 5.73. The Kier molecular flexibility index (Phi) is 6.44. The van der Waals surface area contributed by atoms with Crippen molar-refractivity contribution in [2.24, 2.45) is 5.73 Å². The largest absolute Gasteiger partial charge is 0.374 e. The Balaban J connectivity index is 2.24. The zero-order chi connectivity index (χ0) is 13.4. The molecule has 0 radical (unpaired) electrons. The third-order valence-electron chi connectivity index (χ3n) is 3.00. The summed E-state index contributed by atoms with van der Waals surface area (Å²) in [6.45, 7) is 4.80. The molecule has 0 bridgehead atoms. The van der Waals surface area contributed by atoms with Crippen LogP contribution in [0.25, 0.3) is 0 Å². The molecular formula is C15H23NO2. The summed E-state index contributed by atoms with van der Waals surface area (Å²) in [5.74, 6) is -0.239. The van der Waals surface area contributed by atoms with Gasteiger partial charge < -0.3 is 10.5 Å². The summed E-state index contributed by atoms with van der Waals surface area (Å²) in [4.78, 5) is 10.6. The highest BCUT2D eigenvalue weighted by Gasteiger charge is 2.04. The molecule has 0 fully saturated rings. The van der Waals surface area contributed by atoms with Crippen LogP contribution in [0.15, 0.2) is 24.3 Å². The van der Waals surface area contributed by atoms with Crippen LogP contribution in [-0.2, 0) is 22.6 Å². The Morgan fingerprint density at radius 2 is 1.89 bits per heavy atom. The lowest BCUT2D eigenvalue weighted by molar-refractivity contribution is -0.118. The summed E-state index contributed by atoms with van der Waals surface area (Å²) in [5.41, 5.74) is 7.62. The number of benzene rings is 1. The van der Waals surface area contributed by atoms with E-state index >= 15 is 0 Å². The first-order chi connectivity index (χ1) is 8.61. The van der Waals surface area contributed by atoms with Crippen molar-refractivity contribution in [1.82, 2.24) is 0 Å². The van der Waals surface area contributed by atoms with Gasteiger partial charge in [-0.1, -0.05) is 31.2 Å². The van der Waals surface area contributed by atoms with Gasteiger partial charge in [-0.15, -0.1) is 0 Å². The zero-order valence-electron chi connectivity index (χ0n) is 11.3. The molecule has 0 spiro atoms. The smallest absolute Gasteiger partial charge is 0.217 e. The first kappa shape index (κ1) is 14.7. The Bertz CT molecular complexity index is 359. The van der Waals surface area contributed by atoms with Gasteiger partial charge in [0.1, 0.15) is 0 Å². The highest BCUT2D eigenvalue weighted by Crippen LogP contribution is 2.10. The second-order valence-electron chi connectivity index (χ2n) is 4.65. The quantitative estimate of drug-likeness (QED) is 0.770. The van der Waals surface area contributed by atoms with Crippen molar-refractivity contribution in [2.75, 3.05) is 0 Å². The molecule has 0 aliphatic rings. The van der Waals surface area contributed by atoms with E-state index < -0.39 is 0 Å². The van der Waals surface area contributed by atoms with Crippen molar-refractivity contribution < 1.29 is 9.53 Å². The minimum Gasteiger partial charge on any atom is -0.374 e. The zero-order valence-corrected chi connectivity index (χ0v) is 11.3. The van der Waals surface area contributed by atoms with Crippen LogP contribution >= 0.6 is 0 Å². The molecule has 1 aromatic rings. The molecule has 100 valence electrons. The van der Waals surface area contributed by atoms with Crippen molar-refractivity contribution in [3.05, 3.63) is 35.4 Å². The first-order valence-corrected chi connectivity index (χ1v) is 6.59. The van der Waals surface area contributed by atoms with E-state index in [4.69, 9.17) is 10.5 Å². The van der Waals surface area contributed by atoms with E-state index in [1.165, 1.54) is 11.1 Å². The van der Waals surface area contributed by atoms with Crippen LogP contribution in [0.4, 0.5) is 0 Å². The molecule has 1 rings (SSSR count). The van der Waals surface area contributed by atoms with Gasteiger partial charge in [0.25, 0.3) is 0 Å². The van der Waals surface area contributed by atoms with E-state index in [1.54, 1.807) is 0 Å². The Hall–Kier alpha value is -1.35. The topological polar surface area (TPSA) is 52.3 Å². The van der Waals surface area contributed by atoms with E-state index in [-0.39, 0.29) is 12.0 Å². The number of nitrogens with two attached hydrogens (primary N) is 1. The van der Waals surface area contributed by atoms with Gasteiger partial charge in [0, 0.05) is 6.42 Å². The van der Waals surface area contributed by atoms with Crippen LogP contribution in [-0.4, -0.2) is 12.0 Å². The molecule has 0 unspecified atom stereocenters. The number of aryl methyl sites for hydroxylation is 1. The van der Waals surface area contributed by atoms with E-state index in [2.05, 4.69) is 31.2 Å². The summed E-state index contributed by atoms with van der Waals surface area (Å²) in [6, 6.07) is 8.48. The summed E-state index contributed by atoms with van der Waals surface area (Å²) >= 11 is 0. The predicted octanol–water partition coefficient (Wildman–Crippen LogP) is 2.81. The second-order valence-corrected chi connectivity index (χ2v) is 4.65. The minimum atomic E-state index is -0.239. The van der Waals surface area contributed by atoms with Crippen LogP contribution in [0.1, 0.15) is 44.2 Å². The van der Waals surface area contributed by atoms with E-state index in [0.717, 1.165) is 19.3 Å². The number of hydrogen-bond donors (Lipinski definition) is 1. The van der Waals surface area contributed by atoms with Gasteiger partial charge in [-0.25, -0.2) is 0 Å². The maximum Gasteiger partial charge on any atom is 0.217 e. The van der Waals surface area contributed by atoms with E-state index in [0.29, 0.717) is 13.0 Å². The second kappa shape index (κ2) is 7.88. The standard InChI is InChI=1S/C15H23NO2/c1-3-13-7-9-14(10-8-13)11-18-12(2)5-4-6-15(16)17/h7-10,12H,3-6,11H2,1-2H3,(H2,16,17)/t12-/m1/s1. The number of rotatable bonds is 8. The van der Waals surface area contributed by atoms with Crippen molar-refractivity contribution in [3.63, 3.8) is 0 Å². The van der Waals surface area contributed by atoms with Gasteiger partial charge in [-0.05, 0) is 37.3 Å². The number of carbonyl (C=O) groups is 1. The lowest BCUT2D eigenvalue weighted by Gasteiger charge is -2.12. The molecule has 1 aromatic carbocycles. The van der Waals surface area contributed by atoms with Crippen molar-refractivity contribution >= 4 is 5.91 Å². The molecular weight excluding hydrogens is 226 g/mol. The highest BCUT2D eigenvalue weighted by atomic mass is 16.5. The molecule has 0 aliphatic heterocycles. The lowest BCUT2D eigenvalue weighted by Crippen LogP contribution is -2.13. The van der Waals surface area contributed by atoms with Gasteiger partial charge in [0.15, 0.2) is 0 Å². The summed E-state index contributed by atoms with van der Waals surface area (Å²) in [7, 11) is 0. The number of primary amides is 1. The fourth-order valence-corrected chi connectivity index (χ4v) is 1.76. The van der Waals surface area contributed by atoms with Crippen molar-refractivity contribution in [3.8, 4) is 0 Å². The van der Waals surface area contributed by atoms with Crippen LogP contribution < -0.4 is 5.73 Å². The van der Waals surface area contributed by atoms with Gasteiger partial charge in [0.05, 0.1) is 12.7 Å². The molecule has 0 aliphatic carbocycles. The average molecular weight is 249 g/mol. The maximum atomic E-state index is 10.6. The molecule has 3 heteroatoms. The van der Waals surface area contributed by atoms with Crippen LogP contribution in [0.3, 0.4) is 0 Å². The van der Waals surface area contributed by atoms with Crippen LogP contribution in [0.5, 0.6) is 0 Å². The Labute approximate surface area is 109 Å². The normalized spacial score (nSPS) is 12.3. The van der Waals surface area contributed by atoms with Gasteiger partial charge in [0.2, 0.25) is 5.91 Å². The Morgan fingerprint density at radius 1 is 1.28 bits per heavy atom. The Morgan fingerprint density at radius 3 is 2.44 bits per heavy atom. The summed E-state index contributed by atoms with van der Waals surface area (Å²) < 4.78 is 5.73. The van der Waals surface area contributed by atoms with E-state index in [9.17, 15) is 4.79 Å².